The van der Waals surface area contributed by atoms with Gasteiger partial charge in [0.15, 0.2) is 0 Å². The molecule has 1 aliphatic rings. The normalized spacial score (nSPS) is 17.7. The number of rotatable bonds is 6. The van der Waals surface area contributed by atoms with Crippen LogP contribution in [0.1, 0.15) is 38.7 Å². The molecule has 0 aromatic carbocycles. The van der Waals surface area contributed by atoms with Crippen LogP contribution >= 0.6 is 0 Å². The molecule has 0 bridgehead atoms. The van der Waals surface area contributed by atoms with Crippen molar-refractivity contribution < 1.29 is 4.79 Å². The van der Waals surface area contributed by atoms with Crippen molar-refractivity contribution in [3.8, 4) is 0 Å². The van der Waals surface area contributed by atoms with Gasteiger partial charge in [-0.15, -0.1) is 0 Å². The maximum Gasteiger partial charge on any atom is 0.223 e. The van der Waals surface area contributed by atoms with Gasteiger partial charge >= 0.3 is 0 Å². The molecular formula is C20H30N4O. The average Bonchev–Trinajstić information content (AvgIpc) is 2.96. The Hall–Kier alpha value is -1.88. The van der Waals surface area contributed by atoms with Gasteiger partial charge < -0.3 is 14.8 Å². The van der Waals surface area contributed by atoms with E-state index in [0.717, 1.165) is 51.0 Å². The lowest BCUT2D eigenvalue weighted by atomic mass is 9.95. The molecule has 1 N–H and O–H groups in total. The first kappa shape index (κ1) is 17.9. The maximum absolute atomic E-state index is 12.3. The summed E-state index contributed by atoms with van der Waals surface area (Å²) in [6.07, 6.45) is 8.02. The first-order chi connectivity index (χ1) is 12.1. The minimum Gasteiger partial charge on any atom is -0.353 e. The monoisotopic (exact) mass is 342 g/mol. The second-order valence-electron chi connectivity index (χ2n) is 7.32. The summed E-state index contributed by atoms with van der Waals surface area (Å²) in [5.74, 6) is 0.432. The van der Waals surface area contributed by atoms with Gasteiger partial charge in [-0.05, 0) is 63.4 Å². The lowest BCUT2D eigenvalue weighted by Gasteiger charge is -2.31. The Bertz CT molecular complexity index is 716. The molecule has 1 aliphatic heterocycles. The number of hydrogen-bond donors (Lipinski definition) is 1. The fourth-order valence-electron chi connectivity index (χ4n) is 3.65. The SMILES string of the molecule is CC[C@H](C)NC(=O)C1CCN(CCc2cn(C)c3ncccc23)CC1. The molecule has 3 rings (SSSR count). The Kier molecular flexibility index (Phi) is 5.74. The summed E-state index contributed by atoms with van der Waals surface area (Å²) in [7, 11) is 2.06. The zero-order valence-electron chi connectivity index (χ0n) is 15.7. The number of pyridine rings is 1. The highest BCUT2D eigenvalue weighted by Crippen LogP contribution is 2.21. The largest absolute Gasteiger partial charge is 0.353 e. The number of likely N-dealkylation sites (tertiary alicyclic amines) is 1. The van der Waals surface area contributed by atoms with Crippen LogP contribution in [0.25, 0.3) is 11.0 Å². The average molecular weight is 342 g/mol. The van der Waals surface area contributed by atoms with Crippen LogP contribution in [0.4, 0.5) is 0 Å². The second-order valence-corrected chi connectivity index (χ2v) is 7.32. The molecule has 0 aliphatic carbocycles. The van der Waals surface area contributed by atoms with Crippen molar-refractivity contribution in [2.45, 2.75) is 45.6 Å². The number of nitrogens with zero attached hydrogens (tertiary/aromatic N) is 3. The molecule has 25 heavy (non-hydrogen) atoms. The van der Waals surface area contributed by atoms with E-state index < -0.39 is 0 Å². The van der Waals surface area contributed by atoms with Crippen LogP contribution in [0.5, 0.6) is 0 Å². The Balaban J connectivity index is 1.50. The van der Waals surface area contributed by atoms with E-state index >= 15 is 0 Å². The lowest BCUT2D eigenvalue weighted by Crippen LogP contribution is -2.43. The minimum atomic E-state index is 0.187. The standard InChI is InChI=1S/C20H30N4O/c1-4-15(2)22-20(25)16-7-11-24(12-8-16)13-9-17-14-23(3)19-18(17)6-5-10-21-19/h5-6,10,14-16H,4,7-9,11-13H2,1-3H3,(H,22,25)/t15-/m0/s1. The fourth-order valence-corrected chi connectivity index (χ4v) is 3.65. The molecule has 1 saturated heterocycles. The quantitative estimate of drug-likeness (QED) is 0.878. The highest BCUT2D eigenvalue weighted by Gasteiger charge is 2.25. The first-order valence-electron chi connectivity index (χ1n) is 9.50. The van der Waals surface area contributed by atoms with Crippen LogP contribution in [-0.4, -0.2) is 46.0 Å². The fraction of sp³-hybridized carbons (Fsp3) is 0.600. The molecule has 0 unspecified atom stereocenters. The van der Waals surface area contributed by atoms with Crippen molar-refractivity contribution in [3.05, 3.63) is 30.1 Å². The van der Waals surface area contributed by atoms with Crippen molar-refractivity contribution in [1.29, 1.82) is 0 Å². The number of hydrogen-bond acceptors (Lipinski definition) is 3. The number of carbonyl (C=O) groups is 1. The van der Waals surface area contributed by atoms with E-state index in [2.05, 4.69) is 52.9 Å². The number of nitrogens with one attached hydrogen (secondary N) is 1. The predicted molar refractivity (Wildman–Crippen MR) is 101 cm³/mol. The molecule has 5 heteroatoms. The van der Waals surface area contributed by atoms with E-state index in [1.165, 1.54) is 10.9 Å². The van der Waals surface area contributed by atoms with Gasteiger partial charge in [-0.2, -0.15) is 0 Å². The third-order valence-electron chi connectivity index (χ3n) is 5.47. The molecule has 0 radical (unpaired) electrons. The van der Waals surface area contributed by atoms with Crippen LogP contribution in [0.2, 0.25) is 0 Å². The summed E-state index contributed by atoms with van der Waals surface area (Å²) < 4.78 is 2.11. The lowest BCUT2D eigenvalue weighted by molar-refractivity contribution is -0.127. The van der Waals surface area contributed by atoms with Crippen molar-refractivity contribution >= 4 is 16.9 Å². The van der Waals surface area contributed by atoms with Gasteiger partial charge in [0, 0.05) is 43.3 Å². The van der Waals surface area contributed by atoms with Crippen molar-refractivity contribution in [2.24, 2.45) is 13.0 Å². The number of fused-ring (bicyclic) bond motifs is 1. The van der Waals surface area contributed by atoms with Crippen molar-refractivity contribution in [3.63, 3.8) is 0 Å². The van der Waals surface area contributed by atoms with Crippen LogP contribution < -0.4 is 5.32 Å². The highest BCUT2D eigenvalue weighted by molar-refractivity contribution is 5.80. The summed E-state index contributed by atoms with van der Waals surface area (Å²) in [6.45, 7) is 7.26. The van der Waals surface area contributed by atoms with Crippen LogP contribution in [-0.2, 0) is 18.3 Å². The van der Waals surface area contributed by atoms with E-state index in [0.29, 0.717) is 0 Å². The summed E-state index contributed by atoms with van der Waals surface area (Å²) in [4.78, 5) is 19.2. The van der Waals surface area contributed by atoms with E-state index in [1.807, 2.05) is 12.3 Å². The number of aromatic nitrogens is 2. The maximum atomic E-state index is 12.3. The third kappa shape index (κ3) is 4.21. The predicted octanol–water partition coefficient (Wildman–Crippen LogP) is 2.74. The van der Waals surface area contributed by atoms with Gasteiger partial charge in [-0.25, -0.2) is 4.98 Å². The van der Waals surface area contributed by atoms with Crippen LogP contribution in [0.15, 0.2) is 24.5 Å². The van der Waals surface area contributed by atoms with E-state index in [9.17, 15) is 4.79 Å². The molecule has 1 fully saturated rings. The van der Waals surface area contributed by atoms with E-state index in [1.54, 1.807) is 0 Å². The summed E-state index contributed by atoms with van der Waals surface area (Å²) >= 11 is 0. The van der Waals surface area contributed by atoms with Gasteiger partial charge in [0.2, 0.25) is 5.91 Å². The summed E-state index contributed by atoms with van der Waals surface area (Å²) in [5, 5.41) is 4.38. The molecule has 136 valence electrons. The zero-order chi connectivity index (χ0) is 17.8. The number of amides is 1. The van der Waals surface area contributed by atoms with Gasteiger partial charge in [-0.3, -0.25) is 4.79 Å². The summed E-state index contributed by atoms with van der Waals surface area (Å²) in [6, 6.07) is 4.45. The second kappa shape index (κ2) is 8.00. The van der Waals surface area contributed by atoms with Crippen LogP contribution in [0.3, 0.4) is 0 Å². The molecule has 1 amide bonds. The van der Waals surface area contributed by atoms with Gasteiger partial charge in [-0.1, -0.05) is 6.92 Å². The molecule has 1 atom stereocenters. The molecule has 3 heterocycles. The topological polar surface area (TPSA) is 50.2 Å². The van der Waals surface area contributed by atoms with Gasteiger partial charge in [0.1, 0.15) is 5.65 Å². The molecule has 2 aromatic rings. The molecule has 2 aromatic heterocycles. The number of piperidine rings is 1. The third-order valence-corrected chi connectivity index (χ3v) is 5.47. The number of carbonyl (C=O) groups excluding carboxylic acids is 1. The summed E-state index contributed by atoms with van der Waals surface area (Å²) in [5.41, 5.74) is 2.42. The van der Waals surface area contributed by atoms with Crippen LogP contribution in [0, 0.1) is 5.92 Å². The highest BCUT2D eigenvalue weighted by atomic mass is 16.1. The van der Waals surface area contributed by atoms with Gasteiger partial charge in [0.05, 0.1) is 0 Å². The Morgan fingerprint density at radius 1 is 1.40 bits per heavy atom. The molecule has 0 spiro atoms. The van der Waals surface area contributed by atoms with E-state index in [-0.39, 0.29) is 17.9 Å². The van der Waals surface area contributed by atoms with Crippen molar-refractivity contribution in [1.82, 2.24) is 19.8 Å². The minimum absolute atomic E-state index is 0.187. The first-order valence-corrected chi connectivity index (χ1v) is 9.50. The smallest absolute Gasteiger partial charge is 0.223 e. The van der Waals surface area contributed by atoms with E-state index in [4.69, 9.17) is 0 Å². The Morgan fingerprint density at radius 3 is 2.88 bits per heavy atom. The Labute approximate surface area is 150 Å². The zero-order valence-corrected chi connectivity index (χ0v) is 15.7. The van der Waals surface area contributed by atoms with Crippen molar-refractivity contribution in [2.75, 3.05) is 19.6 Å². The molecule has 5 nitrogen and oxygen atoms in total. The molecular weight excluding hydrogens is 312 g/mol. The number of aryl methyl sites for hydroxylation is 1. The Morgan fingerprint density at radius 2 is 2.16 bits per heavy atom. The molecule has 0 saturated carbocycles. The van der Waals surface area contributed by atoms with Gasteiger partial charge in [0.25, 0.3) is 0 Å².